The van der Waals surface area contributed by atoms with Gasteiger partial charge in [0.25, 0.3) is 5.56 Å². The number of nitrogens with zero attached hydrogens (tertiary/aromatic N) is 4. The number of fused-ring (bicyclic) bond motifs is 11. The van der Waals surface area contributed by atoms with Crippen molar-refractivity contribution in [2.75, 3.05) is 11.4 Å². The molecule has 0 bridgehead atoms. The molecule has 9 heteroatoms. The molecule has 7 nitrogen and oxygen atoms in total. The second-order valence-corrected chi connectivity index (χ2v) is 11.2. The Kier molecular flexibility index (Phi) is 4.45. The number of benzene rings is 3. The van der Waals surface area contributed by atoms with Crippen molar-refractivity contribution in [3.63, 3.8) is 0 Å². The fraction of sp³-hybridized carbons (Fsp3) is 0.241. The predicted molar refractivity (Wildman–Crippen MR) is 144 cm³/mol. The molecule has 4 aromatic rings. The Bertz CT molecular complexity index is 1800. The van der Waals surface area contributed by atoms with Crippen LogP contribution < -0.4 is 10.5 Å². The molecule has 0 saturated carbocycles. The largest absolute Gasteiger partial charge is 0.283 e. The lowest BCUT2D eigenvalue weighted by Crippen LogP contribution is -2.51. The summed E-state index contributed by atoms with van der Waals surface area (Å²) >= 11 is 12.8. The van der Waals surface area contributed by atoms with E-state index in [1.165, 1.54) is 4.90 Å². The number of aromatic nitrogens is 2. The highest BCUT2D eigenvalue weighted by molar-refractivity contribution is 6.38. The highest BCUT2D eigenvalue weighted by Crippen LogP contribution is 2.62. The highest BCUT2D eigenvalue weighted by atomic mass is 35.5. The highest BCUT2D eigenvalue weighted by Gasteiger charge is 2.73. The van der Waals surface area contributed by atoms with E-state index in [1.807, 2.05) is 42.5 Å². The first-order valence-electron chi connectivity index (χ1n) is 12.7. The summed E-state index contributed by atoms with van der Waals surface area (Å²) in [5, 5.41) is 1.17. The van der Waals surface area contributed by atoms with Gasteiger partial charge in [0.05, 0.1) is 39.1 Å². The number of amides is 2. The van der Waals surface area contributed by atoms with Crippen LogP contribution in [0.15, 0.2) is 71.5 Å². The van der Waals surface area contributed by atoms with Gasteiger partial charge in [-0.1, -0.05) is 53.5 Å². The Labute approximate surface area is 227 Å². The molecule has 3 saturated heterocycles. The molecular weight excluding hydrogens is 523 g/mol. The first kappa shape index (κ1) is 22.5. The molecule has 1 spiro atoms. The molecule has 3 aromatic carbocycles. The Hall–Kier alpha value is -3.52. The van der Waals surface area contributed by atoms with Gasteiger partial charge in [-0.2, -0.15) is 0 Å². The number of hydrogen-bond donors (Lipinski definition) is 0. The van der Waals surface area contributed by atoms with Crippen LogP contribution in [0.5, 0.6) is 0 Å². The van der Waals surface area contributed by atoms with Crippen molar-refractivity contribution in [1.82, 2.24) is 14.5 Å². The standard InChI is InChI=1S/C29H20Cl2N4O3/c30-15-11-12-18(31)22(14-15)34-26(37)23-21-10-5-13-33(21)29(24(23)27(34)38)17-7-2-4-9-20(17)35-25(36)16-6-1-3-8-19(16)32-28(29)35/h1-4,6-9,11-12,14,21,23-24H,5,10,13H2/t21-,23-,24+,29+/m0/s1. The SMILES string of the molecule is O=C1[C@H]2[C@@H]3CCCN3[C@]3(c4ccccc4-n4c3nc3ccccc3c4=O)[C@H]2C(=O)N1c1cc(Cl)ccc1Cl. The third-order valence-electron chi connectivity index (χ3n) is 8.79. The van der Waals surface area contributed by atoms with Gasteiger partial charge in [0, 0.05) is 16.6 Å². The molecule has 0 aliphatic carbocycles. The zero-order chi connectivity index (χ0) is 25.9. The Morgan fingerprint density at radius 2 is 1.68 bits per heavy atom. The minimum absolute atomic E-state index is 0.164. The van der Waals surface area contributed by atoms with Gasteiger partial charge in [0.1, 0.15) is 11.4 Å². The maximum atomic E-state index is 14.5. The Morgan fingerprint density at radius 1 is 0.895 bits per heavy atom. The fourth-order valence-corrected chi connectivity index (χ4v) is 7.88. The lowest BCUT2D eigenvalue weighted by atomic mass is 9.75. The molecule has 4 aliphatic heterocycles. The average molecular weight is 543 g/mol. The molecule has 2 amide bonds. The van der Waals surface area contributed by atoms with E-state index in [1.54, 1.807) is 28.8 Å². The van der Waals surface area contributed by atoms with Crippen molar-refractivity contribution >= 4 is 51.6 Å². The average Bonchev–Trinajstić information content (AvgIpc) is 3.63. The lowest BCUT2D eigenvalue weighted by Gasteiger charge is -2.38. The van der Waals surface area contributed by atoms with E-state index in [0.29, 0.717) is 39.7 Å². The van der Waals surface area contributed by atoms with Gasteiger partial charge in [-0.05, 0) is 55.8 Å². The molecule has 5 heterocycles. The molecule has 3 fully saturated rings. The zero-order valence-electron chi connectivity index (χ0n) is 20.0. The van der Waals surface area contributed by atoms with Crippen LogP contribution in [0.2, 0.25) is 10.0 Å². The first-order chi connectivity index (χ1) is 18.4. The topological polar surface area (TPSA) is 75.5 Å². The number of anilines is 1. The summed E-state index contributed by atoms with van der Waals surface area (Å²) in [6.07, 6.45) is 1.66. The van der Waals surface area contributed by atoms with Crippen molar-refractivity contribution < 1.29 is 9.59 Å². The summed E-state index contributed by atoms with van der Waals surface area (Å²) < 4.78 is 1.65. The van der Waals surface area contributed by atoms with Gasteiger partial charge >= 0.3 is 0 Å². The third kappa shape index (κ3) is 2.50. The number of para-hydroxylation sites is 2. The van der Waals surface area contributed by atoms with E-state index in [-0.39, 0.29) is 28.4 Å². The van der Waals surface area contributed by atoms with E-state index < -0.39 is 17.4 Å². The van der Waals surface area contributed by atoms with Gasteiger partial charge in [-0.3, -0.25) is 23.9 Å². The maximum absolute atomic E-state index is 14.5. The summed E-state index contributed by atoms with van der Waals surface area (Å²) in [5.74, 6) is -1.48. The van der Waals surface area contributed by atoms with Crippen molar-refractivity contribution in [1.29, 1.82) is 0 Å². The summed E-state index contributed by atoms with van der Waals surface area (Å²) in [4.78, 5) is 51.1. The van der Waals surface area contributed by atoms with E-state index in [0.717, 1.165) is 18.4 Å². The van der Waals surface area contributed by atoms with Gasteiger partial charge < -0.3 is 0 Å². The Balaban J connectivity index is 1.45. The van der Waals surface area contributed by atoms with Crippen molar-refractivity contribution in [2.24, 2.45) is 11.8 Å². The molecule has 8 rings (SSSR count). The van der Waals surface area contributed by atoms with E-state index in [9.17, 15) is 14.4 Å². The van der Waals surface area contributed by atoms with Crippen LogP contribution in [0, 0.1) is 11.8 Å². The second kappa shape index (κ2) is 7.53. The fourth-order valence-electron chi connectivity index (χ4n) is 7.51. The van der Waals surface area contributed by atoms with Crippen LogP contribution in [0.3, 0.4) is 0 Å². The molecule has 0 unspecified atom stereocenters. The molecule has 0 N–H and O–H groups in total. The smallest absolute Gasteiger partial charge is 0.266 e. The van der Waals surface area contributed by atoms with Crippen LogP contribution in [-0.2, 0) is 15.1 Å². The molecule has 4 atom stereocenters. The summed E-state index contributed by atoms with van der Waals surface area (Å²) in [7, 11) is 0. The van der Waals surface area contributed by atoms with E-state index in [2.05, 4.69) is 4.90 Å². The Morgan fingerprint density at radius 3 is 2.55 bits per heavy atom. The van der Waals surface area contributed by atoms with E-state index in [4.69, 9.17) is 28.2 Å². The number of carbonyl (C=O) groups excluding carboxylic acids is 2. The first-order valence-corrected chi connectivity index (χ1v) is 13.4. The molecule has 4 aliphatic rings. The molecular formula is C29H20Cl2N4O3. The summed E-state index contributed by atoms with van der Waals surface area (Å²) in [6, 6.07) is 19.6. The van der Waals surface area contributed by atoms with Crippen molar-refractivity contribution in [3.8, 4) is 5.69 Å². The quantitative estimate of drug-likeness (QED) is 0.330. The van der Waals surface area contributed by atoms with Gasteiger partial charge in [0.2, 0.25) is 11.8 Å². The lowest BCUT2D eigenvalue weighted by molar-refractivity contribution is -0.124. The third-order valence-corrected chi connectivity index (χ3v) is 9.34. The number of imide groups is 1. The molecule has 38 heavy (non-hydrogen) atoms. The summed E-state index contributed by atoms with van der Waals surface area (Å²) in [5.41, 5.74) is 1.16. The van der Waals surface area contributed by atoms with Crippen molar-refractivity contribution in [3.05, 3.63) is 98.5 Å². The minimum atomic E-state index is -1.06. The number of rotatable bonds is 1. The van der Waals surface area contributed by atoms with Crippen LogP contribution >= 0.6 is 23.2 Å². The van der Waals surface area contributed by atoms with E-state index >= 15 is 0 Å². The molecule has 1 aromatic heterocycles. The van der Waals surface area contributed by atoms with Crippen molar-refractivity contribution in [2.45, 2.75) is 24.4 Å². The normalized spacial score (nSPS) is 27.3. The van der Waals surface area contributed by atoms with Crippen LogP contribution in [0.25, 0.3) is 16.6 Å². The predicted octanol–water partition coefficient (Wildman–Crippen LogP) is 4.53. The summed E-state index contributed by atoms with van der Waals surface area (Å²) in [6.45, 7) is 0.702. The van der Waals surface area contributed by atoms with Gasteiger partial charge in [0.15, 0.2) is 0 Å². The number of halogens is 2. The monoisotopic (exact) mass is 542 g/mol. The molecule has 0 radical (unpaired) electrons. The minimum Gasteiger partial charge on any atom is -0.283 e. The van der Waals surface area contributed by atoms with Crippen LogP contribution in [0.4, 0.5) is 5.69 Å². The van der Waals surface area contributed by atoms with Gasteiger partial charge in [-0.15, -0.1) is 0 Å². The maximum Gasteiger partial charge on any atom is 0.266 e. The number of carbonyl (C=O) groups is 2. The zero-order valence-corrected chi connectivity index (χ0v) is 21.5. The second-order valence-electron chi connectivity index (χ2n) is 10.4. The van der Waals surface area contributed by atoms with Gasteiger partial charge in [-0.25, -0.2) is 9.88 Å². The number of hydrogen-bond acceptors (Lipinski definition) is 5. The van der Waals surface area contributed by atoms with Crippen LogP contribution in [0.1, 0.15) is 24.2 Å². The van der Waals surface area contributed by atoms with Crippen LogP contribution in [-0.4, -0.2) is 38.9 Å². The molecule has 188 valence electrons.